The Hall–Kier alpha value is -1.40. The van der Waals surface area contributed by atoms with Crippen molar-refractivity contribution in [3.05, 3.63) is 33.0 Å². The number of thiophene rings is 1. The Morgan fingerprint density at radius 2 is 2.35 bits per heavy atom. The van der Waals surface area contributed by atoms with Gasteiger partial charge < -0.3 is 10.0 Å². The fourth-order valence-electron chi connectivity index (χ4n) is 1.47. The van der Waals surface area contributed by atoms with Crippen molar-refractivity contribution in [3.63, 3.8) is 0 Å². The van der Waals surface area contributed by atoms with Gasteiger partial charge in [-0.25, -0.2) is 9.78 Å². The summed E-state index contributed by atoms with van der Waals surface area (Å²) in [5.41, 5.74) is 1.79. The monoisotopic (exact) mass is 268 g/mol. The number of hydrogen-bond donors (Lipinski definition) is 1. The highest BCUT2D eigenvalue weighted by Gasteiger charge is 2.16. The number of aromatic nitrogens is 1. The van der Waals surface area contributed by atoms with E-state index in [-0.39, 0.29) is 0 Å². The van der Waals surface area contributed by atoms with Gasteiger partial charge in [0.15, 0.2) is 5.13 Å². The topological polar surface area (TPSA) is 53.4 Å². The van der Waals surface area contributed by atoms with E-state index in [0.717, 1.165) is 11.7 Å². The number of nitrogens with zero attached hydrogens (tertiary/aromatic N) is 2. The Labute approximate surface area is 107 Å². The van der Waals surface area contributed by atoms with Gasteiger partial charge in [-0.1, -0.05) is 11.3 Å². The molecule has 0 radical (unpaired) electrons. The maximum Gasteiger partial charge on any atom is 0.347 e. The first-order valence-corrected chi connectivity index (χ1v) is 6.77. The van der Waals surface area contributed by atoms with Crippen LogP contribution in [0.3, 0.4) is 0 Å². The van der Waals surface area contributed by atoms with E-state index in [2.05, 4.69) is 16.4 Å². The molecular formula is C11H12N2O2S2. The molecule has 0 aliphatic carbocycles. The van der Waals surface area contributed by atoms with Gasteiger partial charge in [-0.2, -0.15) is 11.3 Å². The van der Waals surface area contributed by atoms with Crippen molar-refractivity contribution in [2.75, 3.05) is 11.9 Å². The van der Waals surface area contributed by atoms with E-state index >= 15 is 0 Å². The number of hydrogen-bond acceptors (Lipinski definition) is 5. The first-order chi connectivity index (χ1) is 8.08. The van der Waals surface area contributed by atoms with Crippen molar-refractivity contribution in [2.45, 2.75) is 13.5 Å². The summed E-state index contributed by atoms with van der Waals surface area (Å²) < 4.78 is 0. The number of anilines is 1. The number of thiazole rings is 1. The van der Waals surface area contributed by atoms with Gasteiger partial charge >= 0.3 is 5.97 Å². The Morgan fingerprint density at radius 3 is 2.88 bits per heavy atom. The molecule has 6 heteroatoms. The second kappa shape index (κ2) is 4.85. The zero-order chi connectivity index (χ0) is 12.4. The Morgan fingerprint density at radius 1 is 1.59 bits per heavy atom. The van der Waals surface area contributed by atoms with Crippen LogP contribution in [0.2, 0.25) is 0 Å². The van der Waals surface area contributed by atoms with E-state index in [1.54, 1.807) is 18.3 Å². The summed E-state index contributed by atoms with van der Waals surface area (Å²) >= 11 is 2.87. The minimum atomic E-state index is -0.907. The Balaban J connectivity index is 2.17. The van der Waals surface area contributed by atoms with Crippen molar-refractivity contribution in [1.82, 2.24) is 4.98 Å². The van der Waals surface area contributed by atoms with Crippen molar-refractivity contribution in [1.29, 1.82) is 0 Å². The van der Waals surface area contributed by atoms with Crippen LogP contribution in [0, 0.1) is 6.92 Å². The summed E-state index contributed by atoms with van der Waals surface area (Å²) in [5.74, 6) is -0.907. The smallest absolute Gasteiger partial charge is 0.347 e. The second-order valence-electron chi connectivity index (χ2n) is 3.70. The third-order valence-electron chi connectivity index (χ3n) is 2.31. The lowest BCUT2D eigenvalue weighted by atomic mass is 10.3. The van der Waals surface area contributed by atoms with Crippen molar-refractivity contribution < 1.29 is 9.90 Å². The van der Waals surface area contributed by atoms with Gasteiger partial charge in [0.1, 0.15) is 4.88 Å². The SMILES string of the molecule is Cc1nc(N(C)Cc2ccsc2)sc1C(=O)O. The Kier molecular flexibility index (Phi) is 3.44. The number of aromatic carboxylic acids is 1. The molecule has 4 nitrogen and oxygen atoms in total. The predicted molar refractivity (Wildman–Crippen MR) is 70.2 cm³/mol. The largest absolute Gasteiger partial charge is 0.477 e. The minimum absolute atomic E-state index is 0.317. The molecule has 0 amide bonds. The first kappa shape index (κ1) is 12.1. The third kappa shape index (κ3) is 2.65. The van der Waals surface area contributed by atoms with Gasteiger partial charge in [-0.15, -0.1) is 0 Å². The standard InChI is InChI=1S/C11H12N2O2S2/c1-7-9(10(14)15)17-11(12-7)13(2)5-8-3-4-16-6-8/h3-4,6H,5H2,1-2H3,(H,14,15). The number of aryl methyl sites for hydroxylation is 1. The Bertz CT molecular complexity index is 520. The average Bonchev–Trinajstić information content (AvgIpc) is 2.86. The highest BCUT2D eigenvalue weighted by molar-refractivity contribution is 7.17. The third-order valence-corrected chi connectivity index (χ3v) is 4.30. The van der Waals surface area contributed by atoms with Crippen LogP contribution in [0.15, 0.2) is 16.8 Å². The molecule has 2 aromatic rings. The molecule has 0 saturated carbocycles. The van der Waals surface area contributed by atoms with Crippen LogP contribution in [-0.4, -0.2) is 23.1 Å². The maximum atomic E-state index is 10.9. The molecule has 0 atom stereocenters. The summed E-state index contributed by atoms with van der Waals surface area (Å²) in [4.78, 5) is 17.5. The quantitative estimate of drug-likeness (QED) is 0.926. The molecule has 1 N–H and O–H groups in total. The summed E-state index contributed by atoms with van der Waals surface area (Å²) in [5, 5.41) is 13.8. The minimum Gasteiger partial charge on any atom is -0.477 e. The van der Waals surface area contributed by atoms with Gasteiger partial charge in [-0.3, -0.25) is 0 Å². The van der Waals surface area contributed by atoms with Crippen LogP contribution in [0.25, 0.3) is 0 Å². The zero-order valence-corrected chi connectivity index (χ0v) is 11.1. The van der Waals surface area contributed by atoms with Gasteiger partial charge in [-0.05, 0) is 29.3 Å². The van der Waals surface area contributed by atoms with Crippen molar-refractivity contribution in [3.8, 4) is 0 Å². The highest BCUT2D eigenvalue weighted by atomic mass is 32.1. The average molecular weight is 268 g/mol. The molecule has 0 saturated heterocycles. The molecule has 90 valence electrons. The zero-order valence-electron chi connectivity index (χ0n) is 9.51. The van der Waals surface area contributed by atoms with E-state index in [1.165, 1.54) is 16.9 Å². The fraction of sp³-hybridized carbons (Fsp3) is 0.273. The molecule has 2 aromatic heterocycles. The molecule has 0 aromatic carbocycles. The molecule has 0 bridgehead atoms. The van der Waals surface area contributed by atoms with Gasteiger partial charge in [0, 0.05) is 13.6 Å². The number of carbonyl (C=O) groups is 1. The number of carboxylic acid groups (broad SMARTS) is 1. The van der Waals surface area contributed by atoms with Gasteiger partial charge in [0.2, 0.25) is 0 Å². The lowest BCUT2D eigenvalue weighted by Crippen LogP contribution is -2.15. The molecular weight excluding hydrogens is 256 g/mol. The number of carboxylic acids is 1. The summed E-state index contributed by atoms with van der Waals surface area (Å²) in [6.07, 6.45) is 0. The number of rotatable bonds is 4. The molecule has 0 unspecified atom stereocenters. The fourth-order valence-corrected chi connectivity index (χ4v) is 2.99. The van der Waals surface area contributed by atoms with Crippen LogP contribution in [0.5, 0.6) is 0 Å². The molecule has 2 heterocycles. The lowest BCUT2D eigenvalue weighted by Gasteiger charge is -2.14. The molecule has 0 aliphatic rings. The molecule has 0 aliphatic heterocycles. The van der Waals surface area contributed by atoms with E-state index in [9.17, 15) is 4.79 Å². The maximum absolute atomic E-state index is 10.9. The summed E-state index contributed by atoms with van der Waals surface area (Å²) in [6, 6.07) is 2.06. The second-order valence-corrected chi connectivity index (χ2v) is 5.46. The van der Waals surface area contributed by atoms with Crippen LogP contribution < -0.4 is 4.90 Å². The predicted octanol–water partition coefficient (Wildman–Crippen LogP) is 2.85. The highest BCUT2D eigenvalue weighted by Crippen LogP contribution is 2.26. The van der Waals surface area contributed by atoms with E-state index in [4.69, 9.17) is 5.11 Å². The van der Waals surface area contributed by atoms with Crippen molar-refractivity contribution >= 4 is 33.8 Å². The van der Waals surface area contributed by atoms with Gasteiger partial charge in [0.25, 0.3) is 0 Å². The van der Waals surface area contributed by atoms with E-state index < -0.39 is 5.97 Å². The summed E-state index contributed by atoms with van der Waals surface area (Å²) in [7, 11) is 1.92. The molecule has 2 rings (SSSR count). The van der Waals surface area contributed by atoms with Crippen LogP contribution in [0.1, 0.15) is 20.9 Å². The summed E-state index contributed by atoms with van der Waals surface area (Å²) in [6.45, 7) is 2.47. The van der Waals surface area contributed by atoms with Crippen LogP contribution in [-0.2, 0) is 6.54 Å². The lowest BCUT2D eigenvalue weighted by molar-refractivity contribution is 0.0701. The van der Waals surface area contributed by atoms with E-state index in [1.807, 2.05) is 17.3 Å². The van der Waals surface area contributed by atoms with Crippen LogP contribution in [0.4, 0.5) is 5.13 Å². The molecule has 0 spiro atoms. The van der Waals surface area contributed by atoms with Crippen molar-refractivity contribution in [2.24, 2.45) is 0 Å². The van der Waals surface area contributed by atoms with E-state index in [0.29, 0.717) is 10.6 Å². The first-order valence-electron chi connectivity index (χ1n) is 5.01. The molecule has 17 heavy (non-hydrogen) atoms. The van der Waals surface area contributed by atoms with Crippen LogP contribution >= 0.6 is 22.7 Å². The molecule has 0 fully saturated rings. The normalized spacial score (nSPS) is 10.5. The van der Waals surface area contributed by atoms with Gasteiger partial charge in [0.05, 0.1) is 5.69 Å².